The highest BCUT2D eigenvalue weighted by Gasteiger charge is 2.07. The van der Waals surface area contributed by atoms with Gasteiger partial charge in [0.25, 0.3) is 5.56 Å². The lowest BCUT2D eigenvalue weighted by Gasteiger charge is -2.10. The third kappa shape index (κ3) is 3.39. The molecule has 2 aromatic carbocycles. The largest absolute Gasteiger partial charge is 0.268 e. The van der Waals surface area contributed by atoms with E-state index in [2.05, 4.69) is 56.2 Å². The molecule has 3 heteroatoms. The van der Waals surface area contributed by atoms with Crippen molar-refractivity contribution in [3.05, 3.63) is 87.2 Å². The Kier molecular flexibility index (Phi) is 4.11. The first kappa shape index (κ1) is 15.2. The van der Waals surface area contributed by atoms with Crippen molar-refractivity contribution in [2.24, 2.45) is 0 Å². The van der Waals surface area contributed by atoms with Crippen LogP contribution in [0.3, 0.4) is 0 Å². The molecule has 0 bridgehead atoms. The SMILES string of the molecule is Cc1ccc(Cn2nc(-c3cc(C)ccc3C)ccc2=O)cc1. The summed E-state index contributed by atoms with van der Waals surface area (Å²) >= 11 is 0. The number of nitrogens with zero attached hydrogens (tertiary/aromatic N) is 2. The van der Waals surface area contributed by atoms with Crippen molar-refractivity contribution in [2.45, 2.75) is 27.3 Å². The summed E-state index contributed by atoms with van der Waals surface area (Å²) in [5.74, 6) is 0. The molecule has 0 saturated carbocycles. The molecule has 0 radical (unpaired) electrons. The fourth-order valence-corrected chi connectivity index (χ4v) is 2.58. The Morgan fingerprint density at radius 3 is 2.30 bits per heavy atom. The van der Waals surface area contributed by atoms with Gasteiger partial charge in [0.05, 0.1) is 12.2 Å². The summed E-state index contributed by atoms with van der Waals surface area (Å²) in [5, 5.41) is 4.57. The smallest absolute Gasteiger partial charge is 0.267 e. The Bertz CT molecular complexity index is 892. The van der Waals surface area contributed by atoms with Gasteiger partial charge >= 0.3 is 0 Å². The summed E-state index contributed by atoms with van der Waals surface area (Å²) in [6, 6.07) is 17.8. The lowest BCUT2D eigenvalue weighted by atomic mass is 10.0. The Morgan fingerprint density at radius 2 is 1.57 bits per heavy atom. The maximum Gasteiger partial charge on any atom is 0.267 e. The van der Waals surface area contributed by atoms with E-state index in [0.717, 1.165) is 22.4 Å². The second-order valence-corrected chi connectivity index (χ2v) is 6.02. The molecule has 0 spiro atoms. The highest BCUT2D eigenvalue weighted by Crippen LogP contribution is 2.21. The molecule has 1 aromatic heterocycles. The first-order valence-corrected chi connectivity index (χ1v) is 7.74. The predicted octanol–water partition coefficient (Wildman–Crippen LogP) is 3.88. The number of rotatable bonds is 3. The van der Waals surface area contributed by atoms with E-state index in [0.29, 0.717) is 6.54 Å². The van der Waals surface area contributed by atoms with Gasteiger partial charge in [-0.3, -0.25) is 4.79 Å². The van der Waals surface area contributed by atoms with Gasteiger partial charge in [-0.15, -0.1) is 0 Å². The minimum absolute atomic E-state index is 0.0837. The van der Waals surface area contributed by atoms with Gasteiger partial charge in [-0.1, -0.05) is 47.5 Å². The molecule has 3 aromatic rings. The molecule has 0 N–H and O–H groups in total. The van der Waals surface area contributed by atoms with Crippen LogP contribution in [0.15, 0.2) is 59.4 Å². The first-order valence-electron chi connectivity index (χ1n) is 7.74. The molecule has 116 valence electrons. The third-order valence-electron chi connectivity index (χ3n) is 3.99. The van der Waals surface area contributed by atoms with E-state index in [-0.39, 0.29) is 5.56 Å². The highest BCUT2D eigenvalue weighted by molar-refractivity contribution is 5.63. The minimum Gasteiger partial charge on any atom is -0.268 e. The molecule has 23 heavy (non-hydrogen) atoms. The predicted molar refractivity (Wildman–Crippen MR) is 93.7 cm³/mol. The average Bonchev–Trinajstić information content (AvgIpc) is 2.54. The molecule has 0 amide bonds. The van der Waals surface area contributed by atoms with Gasteiger partial charge in [-0.2, -0.15) is 5.10 Å². The monoisotopic (exact) mass is 304 g/mol. The van der Waals surface area contributed by atoms with Crippen molar-refractivity contribution in [1.82, 2.24) is 9.78 Å². The van der Waals surface area contributed by atoms with Crippen LogP contribution in [0.4, 0.5) is 0 Å². The molecule has 0 aliphatic rings. The molecule has 0 atom stereocenters. The van der Waals surface area contributed by atoms with E-state index in [1.54, 1.807) is 12.1 Å². The van der Waals surface area contributed by atoms with E-state index in [4.69, 9.17) is 0 Å². The lowest BCUT2D eigenvalue weighted by molar-refractivity contribution is 0.642. The summed E-state index contributed by atoms with van der Waals surface area (Å²) in [5.41, 5.74) is 6.44. The zero-order chi connectivity index (χ0) is 16.4. The van der Waals surface area contributed by atoms with E-state index >= 15 is 0 Å². The molecular weight excluding hydrogens is 284 g/mol. The molecule has 0 unspecified atom stereocenters. The second kappa shape index (κ2) is 6.21. The van der Waals surface area contributed by atoms with Crippen molar-refractivity contribution in [2.75, 3.05) is 0 Å². The number of aromatic nitrogens is 2. The van der Waals surface area contributed by atoms with Crippen molar-refractivity contribution in [3.63, 3.8) is 0 Å². The Labute approximate surface area is 136 Å². The summed E-state index contributed by atoms with van der Waals surface area (Å²) in [4.78, 5) is 12.1. The fourth-order valence-electron chi connectivity index (χ4n) is 2.58. The number of hydrogen-bond donors (Lipinski definition) is 0. The molecule has 3 nitrogen and oxygen atoms in total. The number of aryl methyl sites for hydroxylation is 3. The summed E-state index contributed by atoms with van der Waals surface area (Å²) in [6.45, 7) is 6.66. The second-order valence-electron chi connectivity index (χ2n) is 6.02. The summed E-state index contributed by atoms with van der Waals surface area (Å²) < 4.78 is 1.53. The topological polar surface area (TPSA) is 34.9 Å². The summed E-state index contributed by atoms with van der Waals surface area (Å²) in [6.07, 6.45) is 0. The Morgan fingerprint density at radius 1 is 0.870 bits per heavy atom. The molecule has 0 aliphatic carbocycles. The molecule has 0 fully saturated rings. The van der Waals surface area contributed by atoms with Crippen LogP contribution in [0.2, 0.25) is 0 Å². The van der Waals surface area contributed by atoms with Crippen LogP contribution in [-0.2, 0) is 6.54 Å². The van der Waals surface area contributed by atoms with Crippen molar-refractivity contribution in [1.29, 1.82) is 0 Å². The highest BCUT2D eigenvalue weighted by atomic mass is 16.1. The molecule has 0 aliphatic heterocycles. The minimum atomic E-state index is -0.0837. The third-order valence-corrected chi connectivity index (χ3v) is 3.99. The number of hydrogen-bond acceptors (Lipinski definition) is 2. The average molecular weight is 304 g/mol. The van der Waals surface area contributed by atoms with E-state index in [1.807, 2.05) is 12.1 Å². The number of benzene rings is 2. The lowest BCUT2D eigenvalue weighted by Crippen LogP contribution is -2.22. The standard InChI is InChI=1S/C20H20N2O/c1-14-5-8-17(9-6-14)13-22-20(23)11-10-19(21-22)18-12-15(2)4-7-16(18)3/h4-12H,13H2,1-3H3. The zero-order valence-electron chi connectivity index (χ0n) is 13.7. The Balaban J connectivity index is 2.00. The van der Waals surface area contributed by atoms with Gasteiger partial charge in [0.15, 0.2) is 0 Å². The van der Waals surface area contributed by atoms with Gasteiger partial charge in [0.2, 0.25) is 0 Å². The van der Waals surface area contributed by atoms with Crippen molar-refractivity contribution < 1.29 is 0 Å². The van der Waals surface area contributed by atoms with Crippen LogP contribution < -0.4 is 5.56 Å². The maximum absolute atomic E-state index is 12.1. The molecular formula is C20H20N2O. The molecule has 0 saturated heterocycles. The van der Waals surface area contributed by atoms with Crippen molar-refractivity contribution in [3.8, 4) is 11.3 Å². The molecule has 3 rings (SSSR count). The van der Waals surface area contributed by atoms with Gasteiger partial charge in [0.1, 0.15) is 0 Å². The molecule has 1 heterocycles. The van der Waals surface area contributed by atoms with E-state index in [9.17, 15) is 4.79 Å². The van der Waals surface area contributed by atoms with Crippen molar-refractivity contribution >= 4 is 0 Å². The zero-order valence-corrected chi connectivity index (χ0v) is 13.7. The van der Waals surface area contributed by atoms with E-state index < -0.39 is 0 Å². The maximum atomic E-state index is 12.1. The van der Waals surface area contributed by atoms with Gasteiger partial charge in [-0.25, -0.2) is 4.68 Å². The quantitative estimate of drug-likeness (QED) is 0.736. The van der Waals surface area contributed by atoms with Crippen LogP contribution in [0, 0.1) is 20.8 Å². The summed E-state index contributed by atoms with van der Waals surface area (Å²) in [7, 11) is 0. The van der Waals surface area contributed by atoms with Crippen LogP contribution in [0.1, 0.15) is 22.3 Å². The normalized spacial score (nSPS) is 10.7. The van der Waals surface area contributed by atoms with Gasteiger partial charge in [0, 0.05) is 11.6 Å². The van der Waals surface area contributed by atoms with Gasteiger partial charge in [-0.05, 0) is 44.0 Å². The fraction of sp³-hybridized carbons (Fsp3) is 0.200. The van der Waals surface area contributed by atoms with Crippen LogP contribution >= 0.6 is 0 Å². The van der Waals surface area contributed by atoms with Crippen LogP contribution in [-0.4, -0.2) is 9.78 Å². The van der Waals surface area contributed by atoms with E-state index in [1.165, 1.54) is 15.8 Å². The Hall–Kier alpha value is -2.68. The van der Waals surface area contributed by atoms with Crippen LogP contribution in [0.5, 0.6) is 0 Å². The van der Waals surface area contributed by atoms with Crippen LogP contribution in [0.25, 0.3) is 11.3 Å². The van der Waals surface area contributed by atoms with Gasteiger partial charge < -0.3 is 0 Å². The first-order chi connectivity index (χ1) is 11.0.